The maximum Gasteiger partial charge on any atom is 0.147 e. The maximum absolute atomic E-state index is 8.80. The van der Waals surface area contributed by atoms with Crippen LogP contribution >= 0.6 is 0 Å². The summed E-state index contributed by atoms with van der Waals surface area (Å²) in [4.78, 5) is 0. The fraction of sp³-hybridized carbons (Fsp3) is 0.538. The first kappa shape index (κ1) is 13.2. The zero-order valence-electron chi connectivity index (χ0n) is 9.76. The molecule has 1 aromatic rings. The molecule has 0 heterocycles. The largest absolute Gasteiger partial charge is 0.396 e. The van der Waals surface area contributed by atoms with Crippen molar-refractivity contribution in [1.29, 1.82) is 0 Å². The normalized spacial score (nSPS) is 12.6. The summed E-state index contributed by atoms with van der Waals surface area (Å²) in [5.41, 5.74) is 1.15. The number of aliphatic hydroxyl groups excluding tert-OH is 1. The lowest BCUT2D eigenvalue weighted by atomic mass is 10.1. The minimum Gasteiger partial charge on any atom is -0.396 e. The van der Waals surface area contributed by atoms with E-state index < -0.39 is 0 Å². The molecule has 0 saturated heterocycles. The van der Waals surface area contributed by atoms with Crippen molar-refractivity contribution in [2.24, 2.45) is 5.92 Å². The summed E-state index contributed by atoms with van der Waals surface area (Å²) in [6.45, 7) is 3.74. The molecule has 1 atom stereocenters. The quantitative estimate of drug-likeness (QED) is 0.543. The monoisotopic (exact) mass is 224 g/mol. The van der Waals surface area contributed by atoms with Crippen LogP contribution in [0.25, 0.3) is 0 Å². The Kier molecular flexibility index (Phi) is 6.81. The van der Waals surface area contributed by atoms with Gasteiger partial charge >= 0.3 is 0 Å². The highest BCUT2D eigenvalue weighted by atomic mass is 16.7. The molecular weight excluding hydrogens is 204 g/mol. The van der Waals surface area contributed by atoms with Crippen LogP contribution in [0.3, 0.4) is 0 Å². The summed E-state index contributed by atoms with van der Waals surface area (Å²) < 4.78 is 10.6. The summed E-state index contributed by atoms with van der Waals surface area (Å²) in [5.74, 6) is 0.300. The molecule has 3 heteroatoms. The van der Waals surface area contributed by atoms with Gasteiger partial charge in [0.25, 0.3) is 0 Å². The van der Waals surface area contributed by atoms with Crippen molar-refractivity contribution in [1.82, 2.24) is 0 Å². The molecule has 1 rings (SSSR count). The first-order valence-electron chi connectivity index (χ1n) is 5.63. The lowest BCUT2D eigenvalue weighted by Crippen LogP contribution is -2.07. The second-order valence-corrected chi connectivity index (χ2v) is 3.94. The van der Waals surface area contributed by atoms with Gasteiger partial charge in [-0.15, -0.1) is 0 Å². The van der Waals surface area contributed by atoms with Gasteiger partial charge in [0.05, 0.1) is 6.61 Å². The number of hydrogen-bond acceptors (Lipinski definition) is 3. The molecule has 1 N–H and O–H groups in total. The van der Waals surface area contributed by atoms with E-state index in [-0.39, 0.29) is 6.61 Å². The molecule has 1 aromatic carbocycles. The highest BCUT2D eigenvalue weighted by Crippen LogP contribution is 2.02. The van der Waals surface area contributed by atoms with Crippen LogP contribution in [0.2, 0.25) is 0 Å². The Bertz CT molecular complexity index is 261. The van der Waals surface area contributed by atoms with Crippen LogP contribution < -0.4 is 0 Å². The van der Waals surface area contributed by atoms with E-state index in [1.165, 1.54) is 0 Å². The minimum absolute atomic E-state index is 0.217. The van der Waals surface area contributed by atoms with E-state index >= 15 is 0 Å². The third kappa shape index (κ3) is 5.85. The molecule has 0 unspecified atom stereocenters. The van der Waals surface area contributed by atoms with Gasteiger partial charge in [0.2, 0.25) is 0 Å². The average Bonchev–Trinajstić information content (AvgIpc) is 2.34. The average molecular weight is 224 g/mol. The van der Waals surface area contributed by atoms with Gasteiger partial charge in [-0.2, -0.15) is 0 Å². The van der Waals surface area contributed by atoms with Crippen LogP contribution in [-0.4, -0.2) is 25.1 Å². The van der Waals surface area contributed by atoms with Crippen LogP contribution in [0.5, 0.6) is 0 Å². The van der Waals surface area contributed by atoms with Gasteiger partial charge < -0.3 is 14.6 Å². The van der Waals surface area contributed by atoms with Crippen molar-refractivity contribution >= 4 is 0 Å². The summed E-state index contributed by atoms with van der Waals surface area (Å²) in [5, 5.41) is 8.80. The fourth-order valence-electron chi connectivity index (χ4n) is 1.23. The molecule has 90 valence electrons. The zero-order chi connectivity index (χ0) is 11.6. The molecule has 0 bridgehead atoms. The van der Waals surface area contributed by atoms with E-state index in [0.717, 1.165) is 12.0 Å². The minimum atomic E-state index is 0.217. The Morgan fingerprint density at radius 2 is 1.94 bits per heavy atom. The Morgan fingerprint density at radius 1 is 1.19 bits per heavy atom. The number of aliphatic hydroxyl groups is 1. The molecular formula is C13H20O3. The smallest absolute Gasteiger partial charge is 0.147 e. The predicted molar refractivity (Wildman–Crippen MR) is 62.9 cm³/mol. The molecule has 0 aliphatic carbocycles. The summed E-state index contributed by atoms with van der Waals surface area (Å²) in [6, 6.07) is 10.0. The van der Waals surface area contributed by atoms with Crippen molar-refractivity contribution in [3.05, 3.63) is 35.9 Å². The van der Waals surface area contributed by atoms with E-state index in [1.54, 1.807) is 0 Å². The van der Waals surface area contributed by atoms with E-state index in [1.807, 2.05) is 37.3 Å². The number of hydrogen-bond donors (Lipinski definition) is 1. The van der Waals surface area contributed by atoms with Gasteiger partial charge in [-0.3, -0.25) is 0 Å². The highest BCUT2D eigenvalue weighted by Gasteiger charge is 1.99. The molecule has 0 aliphatic rings. The Labute approximate surface area is 97.0 Å². The van der Waals surface area contributed by atoms with Crippen molar-refractivity contribution in [2.45, 2.75) is 20.0 Å². The molecule has 16 heavy (non-hydrogen) atoms. The standard InChI is InChI=1S/C13H20O3/c1-12(9-14)7-8-15-11-16-10-13-5-3-2-4-6-13/h2-6,12,14H,7-11H2,1H3/t12-/m0/s1. The SMILES string of the molecule is C[C@H](CO)CCOCOCc1ccccc1. The second kappa shape index (κ2) is 8.28. The predicted octanol–water partition coefficient (Wildman–Crippen LogP) is 2.20. The van der Waals surface area contributed by atoms with Crippen LogP contribution in [0.4, 0.5) is 0 Å². The molecule has 0 spiro atoms. The summed E-state index contributed by atoms with van der Waals surface area (Å²) in [6.07, 6.45) is 0.866. The second-order valence-electron chi connectivity index (χ2n) is 3.94. The Morgan fingerprint density at radius 3 is 2.62 bits per heavy atom. The first-order chi connectivity index (χ1) is 7.83. The lowest BCUT2D eigenvalue weighted by molar-refractivity contribution is -0.0651. The summed E-state index contributed by atoms with van der Waals surface area (Å²) in [7, 11) is 0. The summed E-state index contributed by atoms with van der Waals surface area (Å²) >= 11 is 0. The number of benzene rings is 1. The topological polar surface area (TPSA) is 38.7 Å². The van der Waals surface area contributed by atoms with E-state index in [2.05, 4.69) is 0 Å². The van der Waals surface area contributed by atoms with Crippen molar-refractivity contribution < 1.29 is 14.6 Å². The van der Waals surface area contributed by atoms with E-state index in [4.69, 9.17) is 14.6 Å². The first-order valence-corrected chi connectivity index (χ1v) is 5.63. The van der Waals surface area contributed by atoms with Crippen LogP contribution in [0.15, 0.2) is 30.3 Å². The number of rotatable bonds is 8. The molecule has 0 fully saturated rings. The number of ether oxygens (including phenoxy) is 2. The lowest BCUT2D eigenvalue weighted by Gasteiger charge is -2.08. The van der Waals surface area contributed by atoms with Crippen LogP contribution in [-0.2, 0) is 16.1 Å². The van der Waals surface area contributed by atoms with Gasteiger partial charge in [0, 0.05) is 13.2 Å². The molecule has 0 radical (unpaired) electrons. The van der Waals surface area contributed by atoms with Crippen molar-refractivity contribution in [3.8, 4) is 0 Å². The molecule has 0 amide bonds. The van der Waals surface area contributed by atoms with Crippen LogP contribution in [0, 0.1) is 5.92 Å². The zero-order valence-corrected chi connectivity index (χ0v) is 9.76. The molecule has 0 aromatic heterocycles. The van der Waals surface area contributed by atoms with Crippen LogP contribution in [0.1, 0.15) is 18.9 Å². The van der Waals surface area contributed by atoms with Crippen molar-refractivity contribution in [2.75, 3.05) is 20.0 Å². The third-order valence-electron chi connectivity index (χ3n) is 2.34. The van der Waals surface area contributed by atoms with Gasteiger partial charge in [0.1, 0.15) is 6.79 Å². The van der Waals surface area contributed by atoms with Gasteiger partial charge in [0.15, 0.2) is 0 Å². The third-order valence-corrected chi connectivity index (χ3v) is 2.34. The van der Waals surface area contributed by atoms with Crippen molar-refractivity contribution in [3.63, 3.8) is 0 Å². The molecule has 0 saturated carbocycles. The highest BCUT2D eigenvalue weighted by molar-refractivity contribution is 5.13. The van der Waals surface area contributed by atoms with Gasteiger partial charge in [-0.05, 0) is 17.9 Å². The Balaban J connectivity index is 1.96. The van der Waals surface area contributed by atoms with Gasteiger partial charge in [-0.25, -0.2) is 0 Å². The fourth-order valence-corrected chi connectivity index (χ4v) is 1.23. The maximum atomic E-state index is 8.80. The Hall–Kier alpha value is -0.900. The molecule has 3 nitrogen and oxygen atoms in total. The van der Waals surface area contributed by atoms with Gasteiger partial charge in [-0.1, -0.05) is 37.3 Å². The molecule has 0 aliphatic heterocycles. The van der Waals surface area contributed by atoms with E-state index in [0.29, 0.717) is 25.9 Å². The van der Waals surface area contributed by atoms with E-state index in [9.17, 15) is 0 Å².